The molecule has 2 aromatic rings. The SMILES string of the molecule is CCOC(=O)CN1C(=O)S/C(=C/c2cc(Br)ccc2OCc2ccccc2)C1=O. The molecule has 0 atom stereocenters. The lowest BCUT2D eigenvalue weighted by Crippen LogP contribution is -2.34. The van der Waals surface area contributed by atoms with Gasteiger partial charge in [-0.25, -0.2) is 0 Å². The molecule has 6 nitrogen and oxygen atoms in total. The van der Waals surface area contributed by atoms with Crippen LogP contribution in [0.2, 0.25) is 0 Å². The summed E-state index contributed by atoms with van der Waals surface area (Å²) in [4.78, 5) is 37.5. The monoisotopic (exact) mass is 475 g/mol. The third kappa shape index (κ3) is 5.48. The molecule has 0 saturated carbocycles. The smallest absolute Gasteiger partial charge is 0.326 e. The van der Waals surface area contributed by atoms with Gasteiger partial charge in [0.1, 0.15) is 18.9 Å². The molecule has 1 saturated heterocycles. The molecule has 0 unspecified atom stereocenters. The van der Waals surface area contributed by atoms with E-state index in [9.17, 15) is 14.4 Å². The lowest BCUT2D eigenvalue weighted by atomic mass is 10.1. The molecule has 29 heavy (non-hydrogen) atoms. The molecule has 0 bridgehead atoms. The summed E-state index contributed by atoms with van der Waals surface area (Å²) in [6.07, 6.45) is 1.60. The van der Waals surface area contributed by atoms with Crippen LogP contribution in [-0.2, 0) is 20.9 Å². The number of ether oxygens (including phenoxy) is 2. The van der Waals surface area contributed by atoms with Crippen LogP contribution in [0.5, 0.6) is 5.75 Å². The summed E-state index contributed by atoms with van der Waals surface area (Å²) < 4.78 is 11.5. The van der Waals surface area contributed by atoms with Crippen LogP contribution >= 0.6 is 27.7 Å². The van der Waals surface area contributed by atoms with E-state index < -0.39 is 23.7 Å². The Kier molecular flexibility index (Phi) is 7.11. The van der Waals surface area contributed by atoms with E-state index in [0.717, 1.165) is 26.7 Å². The molecule has 0 N–H and O–H groups in total. The molecule has 0 aromatic heterocycles. The minimum absolute atomic E-state index is 0.186. The zero-order valence-electron chi connectivity index (χ0n) is 15.6. The number of carbonyl (C=O) groups is 3. The average Bonchev–Trinajstić information content (AvgIpc) is 2.96. The highest BCUT2D eigenvalue weighted by molar-refractivity contribution is 9.10. The molecule has 2 amide bonds. The quantitative estimate of drug-likeness (QED) is 0.429. The first-order chi connectivity index (χ1) is 14.0. The highest BCUT2D eigenvalue weighted by atomic mass is 79.9. The maximum atomic E-state index is 12.6. The van der Waals surface area contributed by atoms with Gasteiger partial charge in [-0.15, -0.1) is 0 Å². The normalized spacial score (nSPS) is 15.1. The van der Waals surface area contributed by atoms with Gasteiger partial charge >= 0.3 is 5.97 Å². The summed E-state index contributed by atoms with van der Waals surface area (Å²) in [7, 11) is 0. The molecule has 1 aliphatic rings. The highest BCUT2D eigenvalue weighted by Crippen LogP contribution is 2.35. The maximum Gasteiger partial charge on any atom is 0.326 e. The van der Waals surface area contributed by atoms with Crippen LogP contribution in [0, 0.1) is 0 Å². The number of carbonyl (C=O) groups excluding carboxylic acids is 3. The van der Waals surface area contributed by atoms with E-state index in [2.05, 4.69) is 15.9 Å². The van der Waals surface area contributed by atoms with Gasteiger partial charge in [0, 0.05) is 10.0 Å². The van der Waals surface area contributed by atoms with Crippen molar-refractivity contribution < 1.29 is 23.9 Å². The second kappa shape index (κ2) is 9.76. The zero-order valence-corrected chi connectivity index (χ0v) is 18.0. The molecule has 3 rings (SSSR count). The van der Waals surface area contributed by atoms with Gasteiger partial charge in [-0.2, -0.15) is 0 Å². The Morgan fingerprint density at radius 1 is 1.17 bits per heavy atom. The van der Waals surface area contributed by atoms with Crippen molar-refractivity contribution in [1.29, 1.82) is 0 Å². The summed E-state index contributed by atoms with van der Waals surface area (Å²) in [6.45, 7) is 1.82. The third-order valence-corrected chi connectivity index (χ3v) is 5.36. The molecule has 1 heterocycles. The first-order valence-electron chi connectivity index (χ1n) is 8.85. The molecule has 0 spiro atoms. The largest absolute Gasteiger partial charge is 0.488 e. The van der Waals surface area contributed by atoms with E-state index in [1.807, 2.05) is 36.4 Å². The molecule has 150 valence electrons. The van der Waals surface area contributed by atoms with Crippen molar-refractivity contribution in [2.75, 3.05) is 13.2 Å². The summed E-state index contributed by atoms with van der Waals surface area (Å²) in [6, 6.07) is 15.1. The number of nitrogens with zero attached hydrogens (tertiary/aromatic N) is 1. The first-order valence-corrected chi connectivity index (χ1v) is 10.5. The van der Waals surface area contributed by atoms with E-state index in [1.54, 1.807) is 25.1 Å². The summed E-state index contributed by atoms with van der Waals surface area (Å²) in [5.74, 6) is -0.568. The number of hydrogen-bond acceptors (Lipinski definition) is 6. The molecular weight excluding hydrogens is 458 g/mol. The number of halogens is 1. The Morgan fingerprint density at radius 2 is 1.93 bits per heavy atom. The molecule has 1 aliphatic heterocycles. The first kappa shape index (κ1) is 21.1. The second-order valence-electron chi connectivity index (χ2n) is 6.03. The van der Waals surface area contributed by atoms with Crippen LogP contribution in [-0.4, -0.2) is 35.2 Å². The summed E-state index contributed by atoms with van der Waals surface area (Å²) in [5.41, 5.74) is 1.66. The van der Waals surface area contributed by atoms with Crippen molar-refractivity contribution in [1.82, 2.24) is 4.90 Å². The number of thioether (sulfide) groups is 1. The lowest BCUT2D eigenvalue weighted by molar-refractivity contribution is -0.145. The fourth-order valence-electron chi connectivity index (χ4n) is 2.61. The fourth-order valence-corrected chi connectivity index (χ4v) is 3.82. The third-order valence-electron chi connectivity index (χ3n) is 3.96. The second-order valence-corrected chi connectivity index (χ2v) is 7.94. The fraction of sp³-hybridized carbons (Fsp3) is 0.190. The number of rotatable bonds is 7. The van der Waals surface area contributed by atoms with E-state index >= 15 is 0 Å². The van der Waals surface area contributed by atoms with Gasteiger partial charge in [-0.3, -0.25) is 19.3 Å². The van der Waals surface area contributed by atoms with Crippen molar-refractivity contribution in [2.24, 2.45) is 0 Å². The Balaban J connectivity index is 1.80. The lowest BCUT2D eigenvalue weighted by Gasteiger charge is -2.11. The Labute approximate surface area is 181 Å². The van der Waals surface area contributed by atoms with E-state index in [1.165, 1.54) is 0 Å². The number of amides is 2. The Hall–Kier alpha value is -2.58. The Bertz CT molecular complexity index is 961. The van der Waals surface area contributed by atoms with Crippen LogP contribution in [0.1, 0.15) is 18.1 Å². The van der Waals surface area contributed by atoms with Crippen molar-refractivity contribution in [3.05, 3.63) is 69.0 Å². The van der Waals surface area contributed by atoms with Crippen LogP contribution in [0.25, 0.3) is 6.08 Å². The van der Waals surface area contributed by atoms with E-state index in [-0.39, 0.29) is 11.5 Å². The van der Waals surface area contributed by atoms with Crippen molar-refractivity contribution in [3.63, 3.8) is 0 Å². The average molecular weight is 476 g/mol. The van der Waals surface area contributed by atoms with Gasteiger partial charge in [0.05, 0.1) is 11.5 Å². The zero-order chi connectivity index (χ0) is 20.8. The van der Waals surface area contributed by atoms with Gasteiger partial charge in [0.15, 0.2) is 0 Å². The van der Waals surface area contributed by atoms with Gasteiger partial charge in [0.25, 0.3) is 11.1 Å². The summed E-state index contributed by atoms with van der Waals surface area (Å²) >= 11 is 4.20. The standard InChI is InChI=1S/C21H18BrNO5S/c1-2-27-19(24)12-23-20(25)18(29-21(23)26)11-15-10-16(22)8-9-17(15)28-13-14-6-4-3-5-7-14/h3-11H,2,12-13H2,1H3/b18-11+. The molecular formula is C21H18BrNO5S. The predicted molar refractivity (Wildman–Crippen MR) is 114 cm³/mol. The minimum Gasteiger partial charge on any atom is -0.488 e. The highest BCUT2D eigenvalue weighted by Gasteiger charge is 2.36. The topological polar surface area (TPSA) is 72.9 Å². The Morgan fingerprint density at radius 3 is 2.66 bits per heavy atom. The van der Waals surface area contributed by atoms with Gasteiger partial charge in [0.2, 0.25) is 0 Å². The van der Waals surface area contributed by atoms with Crippen LogP contribution in [0.3, 0.4) is 0 Å². The number of hydrogen-bond donors (Lipinski definition) is 0. The van der Waals surface area contributed by atoms with Gasteiger partial charge in [-0.05, 0) is 48.5 Å². The van der Waals surface area contributed by atoms with Crippen LogP contribution in [0.15, 0.2) is 57.9 Å². The van der Waals surface area contributed by atoms with Crippen molar-refractivity contribution in [2.45, 2.75) is 13.5 Å². The van der Waals surface area contributed by atoms with E-state index in [0.29, 0.717) is 17.9 Å². The summed E-state index contributed by atoms with van der Waals surface area (Å²) in [5, 5.41) is -0.504. The van der Waals surface area contributed by atoms with Gasteiger partial charge < -0.3 is 9.47 Å². The molecule has 0 radical (unpaired) electrons. The number of imide groups is 1. The molecule has 2 aromatic carbocycles. The predicted octanol–water partition coefficient (Wildman–Crippen LogP) is 4.63. The van der Waals surface area contributed by atoms with Crippen LogP contribution < -0.4 is 4.74 Å². The van der Waals surface area contributed by atoms with Crippen molar-refractivity contribution >= 4 is 50.9 Å². The van der Waals surface area contributed by atoms with E-state index in [4.69, 9.17) is 9.47 Å². The minimum atomic E-state index is -0.620. The maximum absolute atomic E-state index is 12.6. The van der Waals surface area contributed by atoms with Gasteiger partial charge in [-0.1, -0.05) is 46.3 Å². The van der Waals surface area contributed by atoms with Crippen molar-refractivity contribution in [3.8, 4) is 5.75 Å². The number of benzene rings is 2. The number of esters is 1. The molecule has 1 fully saturated rings. The molecule has 0 aliphatic carbocycles. The van der Waals surface area contributed by atoms with Crippen LogP contribution in [0.4, 0.5) is 4.79 Å². The molecule has 8 heteroatoms.